The minimum absolute atomic E-state index is 0.0294. The van der Waals surface area contributed by atoms with Crippen LogP contribution in [0.25, 0.3) is 11.1 Å². The molecular weight excluding hydrogens is 372 g/mol. The number of aromatic amines is 1. The van der Waals surface area contributed by atoms with Crippen LogP contribution in [0.15, 0.2) is 21.9 Å². The Morgan fingerprint density at radius 1 is 1.35 bits per heavy atom. The zero-order valence-electron chi connectivity index (χ0n) is 13.9. The standard InChI is InChI=1S/C17H14N4O3S2/c1-2-24-14(23)5-11(22)9-26-17-13(7-19)15(10-3-4-25-8-10)12(6-18)16(20)21-17/h3-4,8H,2,5,9H2,1H3,(H2,20,21)/p+1. The third-order valence-corrected chi connectivity index (χ3v) is 5.05. The molecule has 0 saturated carbocycles. The Hall–Kier alpha value is -2.88. The quantitative estimate of drug-likeness (QED) is 0.437. The van der Waals surface area contributed by atoms with E-state index in [4.69, 9.17) is 10.5 Å². The van der Waals surface area contributed by atoms with Gasteiger partial charge in [-0.15, -0.1) is 0 Å². The van der Waals surface area contributed by atoms with Crippen LogP contribution in [-0.2, 0) is 14.3 Å². The first-order chi connectivity index (χ1) is 12.5. The van der Waals surface area contributed by atoms with Gasteiger partial charge in [0.2, 0.25) is 0 Å². The number of Topliss-reactive ketones (excluding diaryl/α,β-unsaturated/α-hetero) is 1. The second-order valence-corrected chi connectivity index (χ2v) is 6.80. The zero-order chi connectivity index (χ0) is 19.1. The third kappa shape index (κ3) is 4.39. The molecule has 2 rings (SSSR count). The minimum atomic E-state index is -0.583. The first kappa shape index (κ1) is 19.4. The predicted octanol–water partition coefficient (Wildman–Crippen LogP) is 2.17. The third-order valence-electron chi connectivity index (χ3n) is 3.30. The van der Waals surface area contributed by atoms with Crippen LogP contribution in [-0.4, -0.2) is 24.1 Å². The van der Waals surface area contributed by atoms with Gasteiger partial charge in [-0.1, -0.05) is 11.8 Å². The number of hydrogen-bond acceptors (Lipinski definition) is 8. The van der Waals surface area contributed by atoms with Gasteiger partial charge >= 0.3 is 5.97 Å². The molecule has 0 aromatic carbocycles. The van der Waals surface area contributed by atoms with E-state index in [1.54, 1.807) is 13.0 Å². The first-order valence-electron chi connectivity index (χ1n) is 7.53. The maximum atomic E-state index is 11.9. The van der Waals surface area contributed by atoms with E-state index in [-0.39, 0.29) is 41.5 Å². The summed E-state index contributed by atoms with van der Waals surface area (Å²) in [6.45, 7) is 1.87. The minimum Gasteiger partial charge on any atom is -0.466 e. The van der Waals surface area contributed by atoms with Crippen molar-refractivity contribution in [3.63, 3.8) is 0 Å². The van der Waals surface area contributed by atoms with Crippen LogP contribution in [0.5, 0.6) is 0 Å². The largest absolute Gasteiger partial charge is 0.466 e. The summed E-state index contributed by atoms with van der Waals surface area (Å²) in [6.07, 6.45) is -0.328. The van der Waals surface area contributed by atoms with Gasteiger partial charge in [-0.3, -0.25) is 15.3 Å². The summed E-state index contributed by atoms with van der Waals surface area (Å²) in [4.78, 5) is 26.1. The number of carbonyl (C=O) groups excluding carboxylic acids is 2. The number of nitrogen functional groups attached to an aromatic ring is 1. The zero-order valence-corrected chi connectivity index (χ0v) is 15.5. The molecule has 0 bridgehead atoms. The van der Waals surface area contributed by atoms with E-state index >= 15 is 0 Å². The number of carbonyl (C=O) groups is 2. The fraction of sp³-hybridized carbons (Fsp3) is 0.235. The molecule has 0 spiro atoms. The van der Waals surface area contributed by atoms with Crippen LogP contribution < -0.4 is 10.7 Å². The Kier molecular flexibility index (Phi) is 6.73. The lowest BCUT2D eigenvalue weighted by atomic mass is 9.99. The molecule has 0 atom stereocenters. The molecule has 0 unspecified atom stereocenters. The van der Waals surface area contributed by atoms with Crippen LogP contribution >= 0.6 is 23.1 Å². The number of thioether (sulfide) groups is 1. The summed E-state index contributed by atoms with van der Waals surface area (Å²) in [5, 5.41) is 23.0. The molecule has 0 aliphatic rings. The molecule has 2 aromatic heterocycles. The van der Waals surface area contributed by atoms with Gasteiger partial charge in [0.05, 0.1) is 12.4 Å². The van der Waals surface area contributed by atoms with Crippen molar-refractivity contribution in [2.24, 2.45) is 0 Å². The van der Waals surface area contributed by atoms with Crippen molar-refractivity contribution in [3.05, 3.63) is 28.0 Å². The molecule has 0 amide bonds. The van der Waals surface area contributed by atoms with Crippen molar-refractivity contribution >= 4 is 40.7 Å². The Labute approximate surface area is 158 Å². The number of H-pyrrole nitrogens is 1. The molecule has 0 aliphatic heterocycles. The number of hydrogen-bond donors (Lipinski definition) is 1. The summed E-state index contributed by atoms with van der Waals surface area (Å²) in [5.74, 6) is -0.821. The van der Waals surface area contributed by atoms with E-state index in [0.29, 0.717) is 16.2 Å². The topological polar surface area (TPSA) is 131 Å². The maximum absolute atomic E-state index is 11.9. The monoisotopic (exact) mass is 387 g/mol. The van der Waals surface area contributed by atoms with Crippen LogP contribution in [0.2, 0.25) is 0 Å². The molecular formula is C17H15N4O3S2+. The maximum Gasteiger partial charge on any atom is 0.313 e. The molecule has 7 nitrogen and oxygen atoms in total. The molecule has 0 aliphatic carbocycles. The summed E-state index contributed by atoms with van der Waals surface area (Å²) in [6, 6.07) is 5.89. The highest BCUT2D eigenvalue weighted by Gasteiger charge is 2.24. The Morgan fingerprint density at radius 2 is 2.08 bits per heavy atom. The molecule has 0 saturated heterocycles. The number of nitrogens with one attached hydrogen (secondary N) is 1. The van der Waals surface area contributed by atoms with Crippen molar-refractivity contribution in [1.29, 1.82) is 10.5 Å². The Balaban J connectivity index is 2.33. The second kappa shape index (κ2) is 8.99. The fourth-order valence-electron chi connectivity index (χ4n) is 2.22. The molecule has 132 valence electrons. The number of anilines is 1. The predicted molar refractivity (Wildman–Crippen MR) is 97.1 cm³/mol. The van der Waals surface area contributed by atoms with Crippen LogP contribution in [0.4, 0.5) is 5.82 Å². The van der Waals surface area contributed by atoms with Crippen molar-refractivity contribution in [2.75, 3.05) is 18.1 Å². The van der Waals surface area contributed by atoms with Gasteiger partial charge in [0.1, 0.15) is 29.7 Å². The lowest BCUT2D eigenvalue weighted by Gasteiger charge is -2.08. The molecule has 9 heteroatoms. The van der Waals surface area contributed by atoms with Gasteiger partial charge in [-0.25, -0.2) is 4.98 Å². The first-order valence-corrected chi connectivity index (χ1v) is 9.46. The highest BCUT2D eigenvalue weighted by molar-refractivity contribution is 7.99. The molecule has 2 heterocycles. The number of nitrogens with two attached hydrogens (primary N) is 1. The smallest absolute Gasteiger partial charge is 0.313 e. The van der Waals surface area contributed by atoms with E-state index in [1.807, 2.05) is 16.8 Å². The van der Waals surface area contributed by atoms with Crippen LogP contribution in [0.1, 0.15) is 24.5 Å². The Morgan fingerprint density at radius 3 is 2.65 bits per heavy atom. The van der Waals surface area contributed by atoms with Gasteiger partial charge < -0.3 is 4.74 Å². The number of nitriles is 2. The summed E-state index contributed by atoms with van der Waals surface area (Å²) >= 11 is 2.50. The Bertz CT molecular complexity index is 912. The van der Waals surface area contributed by atoms with E-state index in [1.165, 1.54) is 11.3 Å². The summed E-state index contributed by atoms with van der Waals surface area (Å²) < 4.78 is 4.74. The highest BCUT2D eigenvalue weighted by atomic mass is 32.2. The van der Waals surface area contributed by atoms with Gasteiger partial charge in [0, 0.05) is 5.56 Å². The number of pyridine rings is 1. The lowest BCUT2D eigenvalue weighted by Crippen LogP contribution is -2.20. The van der Waals surface area contributed by atoms with Gasteiger partial charge in [-0.2, -0.15) is 21.9 Å². The lowest BCUT2D eigenvalue weighted by molar-refractivity contribution is -0.410. The molecule has 0 radical (unpaired) electrons. The van der Waals surface area contributed by atoms with Crippen molar-refractivity contribution in [2.45, 2.75) is 18.4 Å². The van der Waals surface area contributed by atoms with E-state index in [9.17, 15) is 20.1 Å². The number of aromatic nitrogens is 1. The van der Waals surface area contributed by atoms with Crippen molar-refractivity contribution in [3.8, 4) is 23.3 Å². The van der Waals surface area contributed by atoms with Gasteiger partial charge in [-0.05, 0) is 29.3 Å². The van der Waals surface area contributed by atoms with Gasteiger partial charge in [0.15, 0.2) is 10.8 Å². The van der Waals surface area contributed by atoms with Crippen LogP contribution in [0, 0.1) is 22.7 Å². The SMILES string of the molecule is CCOC(=O)CC(=O)CSc1[nH+]c(N)c(C#N)c(-c2ccsc2)c1C#N. The van der Waals surface area contributed by atoms with E-state index in [0.717, 1.165) is 11.8 Å². The number of esters is 1. The van der Waals surface area contributed by atoms with E-state index < -0.39 is 5.97 Å². The van der Waals surface area contributed by atoms with Crippen molar-refractivity contribution < 1.29 is 19.3 Å². The molecule has 2 aromatic rings. The van der Waals surface area contributed by atoms with Crippen molar-refractivity contribution in [1.82, 2.24) is 0 Å². The normalized spacial score (nSPS) is 9.96. The number of ether oxygens (including phenoxy) is 1. The van der Waals surface area contributed by atoms with Gasteiger partial charge in [0.25, 0.3) is 5.82 Å². The average molecular weight is 387 g/mol. The second-order valence-electron chi connectivity index (χ2n) is 5.04. The summed E-state index contributed by atoms with van der Waals surface area (Å²) in [5.41, 5.74) is 7.50. The average Bonchev–Trinajstić information content (AvgIpc) is 3.13. The number of ketones is 1. The van der Waals surface area contributed by atoms with E-state index in [2.05, 4.69) is 11.1 Å². The highest BCUT2D eigenvalue weighted by Crippen LogP contribution is 2.34. The molecule has 3 N–H and O–H groups in total. The summed E-state index contributed by atoms with van der Waals surface area (Å²) in [7, 11) is 0. The fourth-order valence-corrected chi connectivity index (χ4v) is 3.75. The number of nitrogens with zero attached hydrogens (tertiary/aromatic N) is 2. The van der Waals surface area contributed by atoms with Crippen LogP contribution in [0.3, 0.4) is 0 Å². The molecule has 0 fully saturated rings. The number of rotatable bonds is 7. The molecule has 26 heavy (non-hydrogen) atoms. The number of thiophene rings is 1.